The van der Waals surface area contributed by atoms with Crippen LogP contribution in [-0.2, 0) is 23.8 Å². The molecule has 79 heavy (non-hydrogen) atoms. The number of ether oxygens (including phenoxy) is 3. The van der Waals surface area contributed by atoms with E-state index in [2.05, 4.69) is 111 Å². The van der Waals surface area contributed by atoms with E-state index in [0.29, 0.717) is 12.8 Å². The minimum absolute atomic E-state index is 0.105. The lowest BCUT2D eigenvalue weighted by molar-refractivity contribution is -0.305. The van der Waals surface area contributed by atoms with Gasteiger partial charge in [0.1, 0.15) is 24.4 Å². The van der Waals surface area contributed by atoms with E-state index in [1.807, 2.05) is 6.08 Å². The van der Waals surface area contributed by atoms with Crippen LogP contribution in [0.2, 0.25) is 0 Å². The van der Waals surface area contributed by atoms with Gasteiger partial charge in [0.15, 0.2) is 12.4 Å². The Labute approximate surface area is 482 Å². The molecule has 1 saturated heterocycles. The van der Waals surface area contributed by atoms with Crippen molar-refractivity contribution in [2.75, 3.05) is 13.2 Å². The van der Waals surface area contributed by atoms with Crippen molar-refractivity contribution in [3.8, 4) is 0 Å². The Morgan fingerprint density at radius 1 is 0.506 bits per heavy atom. The van der Waals surface area contributed by atoms with Gasteiger partial charge in [-0.1, -0.05) is 246 Å². The van der Waals surface area contributed by atoms with E-state index >= 15 is 0 Å². The second kappa shape index (κ2) is 55.1. The second-order valence-electron chi connectivity index (χ2n) is 21.8. The number of aliphatic hydroxyl groups excluding tert-OH is 5. The Hall–Kier alpha value is -3.42. The van der Waals surface area contributed by atoms with Crippen LogP contribution in [-0.4, -0.2) is 99.6 Å². The fraction of sp³-hybridized carbons (Fsp3) is 0.735. The van der Waals surface area contributed by atoms with Gasteiger partial charge in [-0.05, 0) is 103 Å². The van der Waals surface area contributed by atoms with E-state index < -0.39 is 67.4 Å². The van der Waals surface area contributed by atoms with Gasteiger partial charge in [-0.25, -0.2) is 0 Å². The first-order valence-electron chi connectivity index (χ1n) is 32.0. The molecular formula is C68H117NO10. The molecule has 11 nitrogen and oxygen atoms in total. The van der Waals surface area contributed by atoms with Crippen LogP contribution in [0, 0.1) is 0 Å². The summed E-state index contributed by atoms with van der Waals surface area (Å²) in [6.07, 6.45) is 62.9. The Morgan fingerprint density at radius 2 is 0.911 bits per heavy atom. The summed E-state index contributed by atoms with van der Waals surface area (Å²) in [7, 11) is 0. The van der Waals surface area contributed by atoms with Crippen molar-refractivity contribution in [1.29, 1.82) is 0 Å². The summed E-state index contributed by atoms with van der Waals surface area (Å²) in [5.41, 5.74) is 0. The number of rotatable bonds is 53. The van der Waals surface area contributed by atoms with Gasteiger partial charge in [0.05, 0.1) is 25.4 Å². The van der Waals surface area contributed by atoms with E-state index in [1.165, 1.54) is 70.6 Å². The second-order valence-corrected chi connectivity index (χ2v) is 21.8. The Bertz CT molecular complexity index is 1650. The molecule has 0 bridgehead atoms. The molecule has 0 radical (unpaired) electrons. The topological polar surface area (TPSA) is 175 Å². The summed E-state index contributed by atoms with van der Waals surface area (Å²) in [6.45, 7) is 5.63. The zero-order valence-corrected chi connectivity index (χ0v) is 50.2. The third-order valence-corrected chi connectivity index (χ3v) is 14.5. The predicted octanol–water partition coefficient (Wildman–Crippen LogP) is 15.5. The van der Waals surface area contributed by atoms with E-state index in [1.54, 1.807) is 6.08 Å². The summed E-state index contributed by atoms with van der Waals surface area (Å²) in [5, 5.41) is 57.0. The number of hydrogen-bond donors (Lipinski definition) is 6. The van der Waals surface area contributed by atoms with Gasteiger partial charge in [0.25, 0.3) is 0 Å². The minimum atomic E-state index is -1.63. The van der Waals surface area contributed by atoms with Crippen molar-refractivity contribution in [3.63, 3.8) is 0 Å². The van der Waals surface area contributed by atoms with E-state index in [9.17, 15) is 35.1 Å². The highest BCUT2D eigenvalue weighted by Gasteiger charge is 2.47. The summed E-state index contributed by atoms with van der Waals surface area (Å²) >= 11 is 0. The molecule has 1 aliphatic rings. The Kier molecular flexibility index (Phi) is 51.4. The van der Waals surface area contributed by atoms with Crippen molar-refractivity contribution in [3.05, 3.63) is 97.2 Å². The predicted molar refractivity (Wildman–Crippen MR) is 329 cm³/mol. The minimum Gasteiger partial charge on any atom is -0.454 e. The quantitative estimate of drug-likeness (QED) is 0.0195. The molecule has 1 amide bonds. The number of aliphatic hydroxyl groups is 5. The molecule has 6 N–H and O–H groups in total. The van der Waals surface area contributed by atoms with Gasteiger partial charge in [-0.2, -0.15) is 0 Å². The molecule has 454 valence electrons. The molecule has 1 rings (SSSR count). The average molecular weight is 1110 g/mol. The number of allylic oxidation sites excluding steroid dienone is 15. The summed E-state index contributed by atoms with van der Waals surface area (Å²) in [4.78, 5) is 26.6. The Balaban J connectivity index is 2.64. The molecule has 0 spiro atoms. The Morgan fingerprint density at radius 3 is 1.39 bits per heavy atom. The third-order valence-electron chi connectivity index (χ3n) is 14.5. The highest BCUT2D eigenvalue weighted by atomic mass is 16.7. The van der Waals surface area contributed by atoms with Gasteiger partial charge in [-0.15, -0.1) is 0 Å². The van der Waals surface area contributed by atoms with Gasteiger partial charge in [-0.3, -0.25) is 9.59 Å². The largest absolute Gasteiger partial charge is 0.454 e. The van der Waals surface area contributed by atoms with Gasteiger partial charge in [0, 0.05) is 6.42 Å². The van der Waals surface area contributed by atoms with Crippen molar-refractivity contribution in [2.45, 2.75) is 307 Å². The summed E-state index contributed by atoms with van der Waals surface area (Å²) in [6, 6.07) is -1.04. The average Bonchev–Trinajstić information content (AvgIpc) is 3.47. The molecule has 1 heterocycles. The first-order chi connectivity index (χ1) is 38.7. The number of nitrogens with one attached hydrogen (secondary N) is 1. The monoisotopic (exact) mass is 1110 g/mol. The maximum absolute atomic E-state index is 13.4. The van der Waals surface area contributed by atoms with Crippen LogP contribution < -0.4 is 5.32 Å². The fourth-order valence-electron chi connectivity index (χ4n) is 9.41. The zero-order valence-electron chi connectivity index (χ0n) is 50.2. The molecule has 8 unspecified atom stereocenters. The lowest BCUT2D eigenvalue weighted by Crippen LogP contribution is -2.61. The van der Waals surface area contributed by atoms with Crippen LogP contribution >= 0.6 is 0 Å². The molecule has 0 aliphatic carbocycles. The lowest BCUT2D eigenvalue weighted by atomic mass is 9.99. The van der Waals surface area contributed by atoms with Gasteiger partial charge in [0.2, 0.25) is 5.91 Å². The lowest BCUT2D eigenvalue weighted by Gasteiger charge is -2.41. The standard InChI is InChI=1S/C68H117NO10/c1-4-7-10-13-16-19-22-24-26-28-29-30-31-32-33-34-36-38-41-44-47-50-53-56-63(73)79-66-65(75)64(74)62(57-70)78-68(66)77-58-59(60(71)54-51-48-45-42-39-21-18-15-12-9-6-3)69-67(76)61(72)55-52-49-46-43-40-37-35-27-25-23-20-17-14-11-8-5-2/h7,10,16-17,19-20,24-27,29-30,32-33,51,54,59-62,64-66,68,70-72,74-75H,4-6,8-9,11-15,18,21-23,28,31,34-50,52-53,55-58H2,1-3H3,(H,69,76)/b10-7-,19-16-,20-17-,26-24-,27-25-,30-29-,33-32-,54-51+. The van der Waals surface area contributed by atoms with Crippen molar-refractivity contribution >= 4 is 11.9 Å². The highest BCUT2D eigenvalue weighted by molar-refractivity contribution is 5.80. The van der Waals surface area contributed by atoms with E-state index in [4.69, 9.17) is 14.2 Å². The molecule has 1 aliphatic heterocycles. The third kappa shape index (κ3) is 43.0. The maximum Gasteiger partial charge on any atom is 0.306 e. The van der Waals surface area contributed by atoms with Crippen LogP contribution in [0.25, 0.3) is 0 Å². The SMILES string of the molecule is CC/C=C\C/C=C\C/C=C\C/C=C\C/C=C\CCCCCCCCCC(=O)OC1C(OCC(NC(=O)C(O)CCCCCCCC/C=C\C/C=C\CCCCC)C(O)/C=C/CCCCCCCCCCC)OC(CO)C(O)C1O. The van der Waals surface area contributed by atoms with Gasteiger partial charge < -0.3 is 45.1 Å². The number of amides is 1. The van der Waals surface area contributed by atoms with Gasteiger partial charge >= 0.3 is 5.97 Å². The van der Waals surface area contributed by atoms with Crippen LogP contribution in [0.3, 0.4) is 0 Å². The number of hydrogen-bond acceptors (Lipinski definition) is 10. The number of carbonyl (C=O) groups is 2. The van der Waals surface area contributed by atoms with Crippen molar-refractivity contribution in [2.24, 2.45) is 0 Å². The smallest absolute Gasteiger partial charge is 0.306 e. The highest BCUT2D eigenvalue weighted by Crippen LogP contribution is 2.26. The zero-order chi connectivity index (χ0) is 57.5. The van der Waals surface area contributed by atoms with E-state index in [0.717, 1.165) is 141 Å². The molecule has 1 fully saturated rings. The molecule has 0 aromatic rings. The first-order valence-corrected chi connectivity index (χ1v) is 32.0. The first kappa shape index (κ1) is 73.6. The van der Waals surface area contributed by atoms with Crippen molar-refractivity contribution in [1.82, 2.24) is 5.32 Å². The van der Waals surface area contributed by atoms with Crippen LogP contribution in [0.15, 0.2) is 97.2 Å². The maximum atomic E-state index is 13.4. The number of carbonyl (C=O) groups excluding carboxylic acids is 2. The fourth-order valence-corrected chi connectivity index (χ4v) is 9.41. The van der Waals surface area contributed by atoms with Crippen molar-refractivity contribution < 1.29 is 49.3 Å². The van der Waals surface area contributed by atoms with E-state index in [-0.39, 0.29) is 19.4 Å². The normalized spacial score (nSPS) is 19.5. The molecule has 0 aromatic carbocycles. The van der Waals surface area contributed by atoms with Crippen LogP contribution in [0.1, 0.15) is 258 Å². The van der Waals surface area contributed by atoms with Crippen LogP contribution in [0.5, 0.6) is 0 Å². The van der Waals surface area contributed by atoms with Crippen LogP contribution in [0.4, 0.5) is 0 Å². The summed E-state index contributed by atoms with van der Waals surface area (Å²) < 4.78 is 17.6. The molecule has 8 atom stereocenters. The molecule has 0 aromatic heterocycles. The number of unbranched alkanes of at least 4 members (excludes halogenated alkanes) is 25. The summed E-state index contributed by atoms with van der Waals surface area (Å²) in [5.74, 6) is -1.22. The number of esters is 1. The molecular weight excluding hydrogens is 991 g/mol. The molecule has 11 heteroatoms. The molecule has 0 saturated carbocycles.